The lowest BCUT2D eigenvalue weighted by molar-refractivity contribution is 0.793. The molecule has 7 heteroatoms. The molecule has 0 saturated heterocycles. The van der Waals surface area contributed by atoms with Gasteiger partial charge in [-0.1, -0.05) is 27.7 Å². The van der Waals surface area contributed by atoms with Crippen molar-refractivity contribution < 1.29 is 0 Å². The number of benzene rings is 1. The van der Waals surface area contributed by atoms with Gasteiger partial charge in [-0.05, 0) is 47.2 Å². The molecular weight excluding hydrogens is 460 g/mol. The van der Waals surface area contributed by atoms with Crippen LogP contribution in [0.25, 0.3) is 11.4 Å². The van der Waals surface area contributed by atoms with Crippen molar-refractivity contribution >= 4 is 61.9 Å². The molecule has 1 aromatic carbocycles. The van der Waals surface area contributed by atoms with Crippen molar-refractivity contribution in [2.75, 3.05) is 11.6 Å². The van der Waals surface area contributed by atoms with Crippen molar-refractivity contribution in [2.45, 2.75) is 11.6 Å². The van der Waals surface area contributed by atoms with Gasteiger partial charge in [-0.15, -0.1) is 21.8 Å². The quantitative estimate of drug-likeness (QED) is 0.277. The number of alkyl halides is 1. The Morgan fingerprint density at radius 3 is 2.84 bits per heavy atom. The van der Waals surface area contributed by atoms with Crippen molar-refractivity contribution in [2.24, 2.45) is 7.05 Å². The topological polar surface area (TPSA) is 30.7 Å². The summed E-state index contributed by atoms with van der Waals surface area (Å²) in [5, 5.41) is 9.45. The second-order valence-corrected chi connectivity index (χ2v) is 7.52. The Bertz CT molecular complexity index is 556. The Morgan fingerprint density at radius 1 is 1.37 bits per heavy atom. The highest BCUT2D eigenvalue weighted by Gasteiger charge is 2.12. The zero-order chi connectivity index (χ0) is 13.8. The van der Waals surface area contributed by atoms with Gasteiger partial charge in [0.1, 0.15) is 0 Å². The molecule has 0 fully saturated rings. The minimum absolute atomic E-state index is 0.682. The molecule has 2 aromatic rings. The monoisotopic (exact) mass is 471 g/mol. The average molecular weight is 473 g/mol. The molecule has 0 amide bonds. The summed E-state index contributed by atoms with van der Waals surface area (Å²) in [6.07, 6.45) is 0.975. The molecule has 0 aliphatic rings. The fourth-order valence-corrected chi connectivity index (χ4v) is 4.33. The highest BCUT2D eigenvalue weighted by Crippen LogP contribution is 2.27. The van der Waals surface area contributed by atoms with E-state index in [0.717, 1.165) is 33.2 Å². The van der Waals surface area contributed by atoms with Gasteiger partial charge in [-0.25, -0.2) is 0 Å². The lowest BCUT2D eigenvalue weighted by Crippen LogP contribution is -1.96. The van der Waals surface area contributed by atoms with E-state index >= 15 is 0 Å². The molecule has 1 heterocycles. The van der Waals surface area contributed by atoms with Crippen molar-refractivity contribution in [3.05, 3.63) is 26.2 Å². The van der Waals surface area contributed by atoms with E-state index in [9.17, 15) is 0 Å². The van der Waals surface area contributed by atoms with Crippen LogP contribution >= 0.6 is 61.9 Å². The number of aromatic nitrogens is 3. The van der Waals surface area contributed by atoms with Gasteiger partial charge in [0.25, 0.3) is 0 Å². The summed E-state index contributed by atoms with van der Waals surface area (Å²) in [6.45, 7) is 0. The maximum absolute atomic E-state index is 5.68. The molecule has 0 aliphatic heterocycles. The third-order valence-corrected chi connectivity index (χ3v) is 4.92. The summed E-state index contributed by atoms with van der Waals surface area (Å²) < 4.78 is 4.24. The van der Waals surface area contributed by atoms with Crippen molar-refractivity contribution in [3.63, 3.8) is 0 Å². The molecular formula is C12H12BrClIN3S. The van der Waals surface area contributed by atoms with Gasteiger partial charge in [-0.3, -0.25) is 0 Å². The molecule has 0 spiro atoms. The van der Waals surface area contributed by atoms with Gasteiger partial charge < -0.3 is 4.57 Å². The minimum atomic E-state index is 0.682. The summed E-state index contributed by atoms with van der Waals surface area (Å²) in [7, 11) is 1.99. The van der Waals surface area contributed by atoms with Gasteiger partial charge in [0.15, 0.2) is 11.0 Å². The van der Waals surface area contributed by atoms with Crippen LogP contribution in [0.3, 0.4) is 0 Å². The van der Waals surface area contributed by atoms with Gasteiger partial charge in [0.05, 0.1) is 0 Å². The summed E-state index contributed by atoms with van der Waals surface area (Å²) in [6, 6.07) is 6.22. The van der Waals surface area contributed by atoms with Crippen LogP contribution in [0.15, 0.2) is 27.8 Å². The summed E-state index contributed by atoms with van der Waals surface area (Å²) in [4.78, 5) is 0. The number of hydrogen-bond donors (Lipinski definition) is 0. The molecule has 0 atom stereocenters. The summed E-state index contributed by atoms with van der Waals surface area (Å²) in [5.41, 5.74) is 1.07. The van der Waals surface area contributed by atoms with Crippen molar-refractivity contribution in [3.8, 4) is 11.4 Å². The maximum Gasteiger partial charge on any atom is 0.191 e. The van der Waals surface area contributed by atoms with Crippen LogP contribution in [-0.4, -0.2) is 26.4 Å². The molecule has 1 aromatic heterocycles. The Hall–Kier alpha value is 0.210. The zero-order valence-corrected chi connectivity index (χ0v) is 15.6. The normalized spacial score (nSPS) is 10.9. The van der Waals surface area contributed by atoms with E-state index in [1.165, 1.54) is 3.57 Å². The fraction of sp³-hybridized carbons (Fsp3) is 0.333. The molecule has 19 heavy (non-hydrogen) atoms. The highest BCUT2D eigenvalue weighted by molar-refractivity contribution is 14.1. The first-order valence-corrected chi connectivity index (χ1v) is 9.05. The Morgan fingerprint density at radius 2 is 2.16 bits per heavy atom. The second kappa shape index (κ2) is 7.28. The van der Waals surface area contributed by atoms with Crippen molar-refractivity contribution in [1.29, 1.82) is 0 Å². The SMILES string of the molecule is Cn1c(SCCCCl)nnc1-c1cc(Br)cc(I)c1. The van der Waals surface area contributed by atoms with E-state index in [2.05, 4.69) is 66.9 Å². The molecule has 0 unspecified atom stereocenters. The third kappa shape index (κ3) is 4.09. The van der Waals surface area contributed by atoms with E-state index < -0.39 is 0 Å². The van der Waals surface area contributed by atoms with Crippen LogP contribution in [0.1, 0.15) is 6.42 Å². The number of rotatable bonds is 5. The van der Waals surface area contributed by atoms with Crippen LogP contribution < -0.4 is 0 Å². The largest absolute Gasteiger partial charge is 0.305 e. The predicted molar refractivity (Wildman–Crippen MR) is 92.9 cm³/mol. The van der Waals surface area contributed by atoms with Gasteiger partial charge in [0.2, 0.25) is 0 Å². The van der Waals surface area contributed by atoms with Gasteiger partial charge in [0, 0.05) is 32.3 Å². The lowest BCUT2D eigenvalue weighted by Gasteiger charge is -2.05. The molecule has 3 nitrogen and oxygen atoms in total. The summed E-state index contributed by atoms with van der Waals surface area (Å²) in [5.74, 6) is 2.53. The van der Waals surface area contributed by atoms with Crippen molar-refractivity contribution in [1.82, 2.24) is 14.8 Å². The fourth-order valence-electron chi connectivity index (χ4n) is 1.59. The maximum atomic E-state index is 5.68. The molecule has 0 bridgehead atoms. The molecule has 2 rings (SSSR count). The van der Waals surface area contributed by atoms with Crippen LogP contribution in [0.4, 0.5) is 0 Å². The first kappa shape index (κ1) is 15.6. The lowest BCUT2D eigenvalue weighted by atomic mass is 10.2. The van der Waals surface area contributed by atoms with E-state index in [4.69, 9.17) is 11.6 Å². The Labute approximate surface area is 143 Å². The van der Waals surface area contributed by atoms with E-state index in [1.54, 1.807) is 11.8 Å². The zero-order valence-electron chi connectivity index (χ0n) is 10.2. The number of thioether (sulfide) groups is 1. The highest BCUT2D eigenvalue weighted by atomic mass is 127. The van der Waals surface area contributed by atoms with E-state index in [-0.39, 0.29) is 0 Å². The van der Waals surface area contributed by atoms with Crippen LogP contribution in [0.5, 0.6) is 0 Å². The van der Waals surface area contributed by atoms with E-state index in [0.29, 0.717) is 5.88 Å². The Kier molecular flexibility index (Phi) is 5.98. The molecule has 0 aliphatic carbocycles. The molecule has 102 valence electrons. The Balaban J connectivity index is 2.25. The average Bonchev–Trinajstić information content (AvgIpc) is 2.70. The first-order chi connectivity index (χ1) is 9.11. The number of hydrogen-bond acceptors (Lipinski definition) is 3. The molecule has 0 radical (unpaired) electrons. The summed E-state index contributed by atoms with van der Waals surface area (Å²) >= 11 is 13.2. The van der Waals surface area contributed by atoms with E-state index in [1.807, 2.05) is 11.6 Å². The van der Waals surface area contributed by atoms with Gasteiger partial charge >= 0.3 is 0 Å². The third-order valence-electron chi connectivity index (χ3n) is 2.46. The first-order valence-electron chi connectivity index (χ1n) is 5.66. The second-order valence-electron chi connectivity index (χ2n) is 3.91. The predicted octanol–water partition coefficient (Wildman–Crippen LogP) is 4.57. The number of nitrogens with zero attached hydrogens (tertiary/aromatic N) is 3. The number of halogens is 3. The van der Waals surface area contributed by atoms with Crippen LogP contribution in [0, 0.1) is 3.57 Å². The van der Waals surface area contributed by atoms with Crippen LogP contribution in [-0.2, 0) is 7.05 Å². The van der Waals surface area contributed by atoms with Crippen LogP contribution in [0.2, 0.25) is 0 Å². The standard InChI is InChI=1S/C12H12BrClIN3S/c1-18-11(8-5-9(13)7-10(15)6-8)16-17-12(18)19-4-2-3-14/h5-7H,2-4H2,1H3. The minimum Gasteiger partial charge on any atom is -0.305 e. The van der Waals surface area contributed by atoms with Gasteiger partial charge in [-0.2, -0.15) is 0 Å². The smallest absolute Gasteiger partial charge is 0.191 e. The molecule has 0 saturated carbocycles. The molecule has 0 N–H and O–H groups in total.